The molecule has 2 aromatic heterocycles. The van der Waals surface area contributed by atoms with Crippen LogP contribution in [0.4, 0.5) is 9.39 Å². The fraction of sp³-hybridized carbons (Fsp3) is 0.333. The van der Waals surface area contributed by atoms with Gasteiger partial charge in [0.1, 0.15) is 28.9 Å². The molecule has 4 rings (SSSR count). The zero-order valence-electron chi connectivity index (χ0n) is 18.0. The van der Waals surface area contributed by atoms with E-state index in [1.54, 1.807) is 6.07 Å². The minimum Gasteiger partial charge on any atom is -0.484 e. The molecule has 0 radical (unpaired) electrons. The van der Waals surface area contributed by atoms with Gasteiger partial charge in [-0.25, -0.2) is 9.18 Å². The Hall–Kier alpha value is -2.84. The molecule has 1 amide bonds. The molecular formula is C24H23ClFNO5S. The van der Waals surface area contributed by atoms with Gasteiger partial charge in [0.15, 0.2) is 5.76 Å². The van der Waals surface area contributed by atoms with Gasteiger partial charge < -0.3 is 19.2 Å². The van der Waals surface area contributed by atoms with Gasteiger partial charge in [-0.05, 0) is 68.0 Å². The van der Waals surface area contributed by atoms with Gasteiger partial charge >= 0.3 is 5.97 Å². The summed E-state index contributed by atoms with van der Waals surface area (Å²) in [6.45, 7) is 2.28. The number of halogens is 2. The van der Waals surface area contributed by atoms with Crippen LogP contribution < -0.4 is 10.1 Å². The lowest BCUT2D eigenvalue weighted by atomic mass is 9.95. The van der Waals surface area contributed by atoms with Crippen LogP contribution in [-0.2, 0) is 24.2 Å². The summed E-state index contributed by atoms with van der Waals surface area (Å²) >= 11 is 7.38. The Bertz CT molecular complexity index is 1170. The fourth-order valence-electron chi connectivity index (χ4n) is 3.62. The molecular weight excluding hydrogens is 469 g/mol. The summed E-state index contributed by atoms with van der Waals surface area (Å²) in [6, 6.07) is 6.96. The zero-order valence-corrected chi connectivity index (χ0v) is 19.6. The Labute approximate surface area is 199 Å². The molecule has 6 nitrogen and oxygen atoms in total. The number of fused-ring (bicyclic) bond motifs is 1. The first kappa shape index (κ1) is 23.3. The number of carbonyl (C=O) groups is 2. The molecule has 2 heterocycles. The molecule has 0 atom stereocenters. The maximum absolute atomic E-state index is 13.2. The molecule has 33 heavy (non-hydrogen) atoms. The smallest absolute Gasteiger partial charge is 0.341 e. The molecule has 1 aromatic carbocycles. The van der Waals surface area contributed by atoms with Crippen molar-refractivity contribution in [3.63, 3.8) is 0 Å². The van der Waals surface area contributed by atoms with Crippen LogP contribution >= 0.6 is 22.9 Å². The van der Waals surface area contributed by atoms with E-state index < -0.39 is 17.7 Å². The average molecular weight is 492 g/mol. The van der Waals surface area contributed by atoms with Crippen LogP contribution in [0.15, 0.2) is 34.7 Å². The molecule has 0 unspecified atom stereocenters. The van der Waals surface area contributed by atoms with Crippen LogP contribution in [0.3, 0.4) is 0 Å². The van der Waals surface area contributed by atoms with E-state index >= 15 is 0 Å². The lowest BCUT2D eigenvalue weighted by Crippen LogP contribution is -2.15. The van der Waals surface area contributed by atoms with Crippen molar-refractivity contribution in [1.82, 2.24) is 0 Å². The van der Waals surface area contributed by atoms with E-state index in [0.29, 0.717) is 28.7 Å². The van der Waals surface area contributed by atoms with Crippen molar-refractivity contribution in [2.45, 2.75) is 45.6 Å². The summed E-state index contributed by atoms with van der Waals surface area (Å²) in [5, 5.41) is 3.45. The third-order valence-corrected chi connectivity index (χ3v) is 6.69. The Morgan fingerprint density at radius 3 is 2.82 bits per heavy atom. The summed E-state index contributed by atoms with van der Waals surface area (Å²) < 4.78 is 29.7. The van der Waals surface area contributed by atoms with Crippen LogP contribution in [0.5, 0.6) is 5.75 Å². The quantitative estimate of drug-likeness (QED) is 0.368. The highest BCUT2D eigenvalue weighted by Crippen LogP contribution is 2.39. The second-order valence-corrected chi connectivity index (χ2v) is 9.15. The van der Waals surface area contributed by atoms with Gasteiger partial charge in [0.25, 0.3) is 5.91 Å². The molecule has 0 fully saturated rings. The fourth-order valence-corrected chi connectivity index (χ4v) is 5.11. The van der Waals surface area contributed by atoms with E-state index in [1.165, 1.54) is 29.5 Å². The van der Waals surface area contributed by atoms with E-state index in [9.17, 15) is 14.0 Å². The normalized spacial score (nSPS) is 12.8. The molecule has 9 heteroatoms. The van der Waals surface area contributed by atoms with Crippen molar-refractivity contribution >= 4 is 39.8 Å². The second kappa shape index (κ2) is 10.4. The average Bonchev–Trinajstić information content (AvgIpc) is 3.41. The molecule has 1 N–H and O–H groups in total. The summed E-state index contributed by atoms with van der Waals surface area (Å²) in [4.78, 5) is 26.7. The standard InChI is InChI=1S/C24H23ClFNO5S/c1-2-11-30-24(29)21-16-5-3-4-6-20(16)33-23(21)27-22(28)19-10-8-15(32-19)13-31-18-9-7-14(26)12-17(18)25/h7-10,12H,2-6,11,13H2,1H3,(H,27,28). The molecule has 174 valence electrons. The van der Waals surface area contributed by atoms with Crippen LogP contribution in [0.1, 0.15) is 63.3 Å². The number of ether oxygens (including phenoxy) is 2. The zero-order chi connectivity index (χ0) is 23.4. The van der Waals surface area contributed by atoms with E-state index in [0.717, 1.165) is 48.6 Å². The van der Waals surface area contributed by atoms with E-state index in [4.69, 9.17) is 25.5 Å². The van der Waals surface area contributed by atoms with Gasteiger partial charge in [-0.15, -0.1) is 11.3 Å². The lowest BCUT2D eigenvalue weighted by Gasteiger charge is -2.12. The molecule has 0 saturated carbocycles. The number of anilines is 1. The Balaban J connectivity index is 1.47. The van der Waals surface area contributed by atoms with Crippen molar-refractivity contribution in [2.75, 3.05) is 11.9 Å². The Morgan fingerprint density at radius 1 is 1.21 bits per heavy atom. The van der Waals surface area contributed by atoms with Gasteiger partial charge in [0, 0.05) is 4.88 Å². The number of benzene rings is 1. The monoisotopic (exact) mass is 491 g/mol. The third-order valence-electron chi connectivity index (χ3n) is 5.19. The topological polar surface area (TPSA) is 77.8 Å². The number of rotatable bonds is 8. The number of hydrogen-bond donors (Lipinski definition) is 1. The number of esters is 1. The van der Waals surface area contributed by atoms with Crippen LogP contribution in [0.25, 0.3) is 0 Å². The molecule has 1 aliphatic carbocycles. The number of carbonyl (C=O) groups excluding carboxylic acids is 2. The van der Waals surface area contributed by atoms with Gasteiger partial charge in [0.05, 0.1) is 17.2 Å². The lowest BCUT2D eigenvalue weighted by molar-refractivity contribution is 0.0505. The van der Waals surface area contributed by atoms with Crippen molar-refractivity contribution < 1.29 is 27.9 Å². The number of aryl methyl sites for hydroxylation is 1. The first-order valence-electron chi connectivity index (χ1n) is 10.8. The number of nitrogens with one attached hydrogen (secondary N) is 1. The van der Waals surface area contributed by atoms with Crippen LogP contribution in [0.2, 0.25) is 5.02 Å². The maximum Gasteiger partial charge on any atom is 0.341 e. The summed E-state index contributed by atoms with van der Waals surface area (Å²) in [7, 11) is 0. The van der Waals surface area contributed by atoms with Gasteiger partial charge in [0.2, 0.25) is 0 Å². The summed E-state index contributed by atoms with van der Waals surface area (Å²) in [5.74, 6) is -0.551. The van der Waals surface area contributed by atoms with Gasteiger partial charge in [-0.3, -0.25) is 4.79 Å². The highest BCUT2D eigenvalue weighted by Gasteiger charge is 2.28. The molecule has 0 saturated heterocycles. The van der Waals surface area contributed by atoms with E-state index in [1.807, 2.05) is 6.92 Å². The highest BCUT2D eigenvalue weighted by atomic mass is 35.5. The predicted octanol–water partition coefficient (Wildman–Crippen LogP) is 6.41. The molecule has 0 bridgehead atoms. The predicted molar refractivity (Wildman–Crippen MR) is 124 cm³/mol. The number of furan rings is 1. The van der Waals surface area contributed by atoms with E-state index in [-0.39, 0.29) is 17.4 Å². The first-order valence-corrected chi connectivity index (χ1v) is 11.9. The summed E-state index contributed by atoms with van der Waals surface area (Å²) in [6.07, 6.45) is 4.47. The number of amides is 1. The summed E-state index contributed by atoms with van der Waals surface area (Å²) in [5.41, 5.74) is 1.44. The Morgan fingerprint density at radius 2 is 2.03 bits per heavy atom. The van der Waals surface area contributed by atoms with Gasteiger partial charge in [-0.1, -0.05) is 18.5 Å². The largest absolute Gasteiger partial charge is 0.484 e. The second-order valence-electron chi connectivity index (χ2n) is 7.63. The minimum atomic E-state index is -0.468. The molecule has 0 aliphatic heterocycles. The molecule has 1 aliphatic rings. The van der Waals surface area contributed by atoms with Crippen molar-refractivity contribution in [2.24, 2.45) is 0 Å². The van der Waals surface area contributed by atoms with E-state index in [2.05, 4.69) is 5.32 Å². The highest BCUT2D eigenvalue weighted by molar-refractivity contribution is 7.17. The minimum absolute atomic E-state index is 0.0144. The van der Waals surface area contributed by atoms with Crippen molar-refractivity contribution in [1.29, 1.82) is 0 Å². The van der Waals surface area contributed by atoms with Crippen molar-refractivity contribution in [3.8, 4) is 5.75 Å². The maximum atomic E-state index is 13.2. The third kappa shape index (κ3) is 5.39. The number of hydrogen-bond acceptors (Lipinski definition) is 6. The van der Waals surface area contributed by atoms with Crippen molar-refractivity contribution in [3.05, 3.63) is 68.7 Å². The first-order chi connectivity index (χ1) is 16.0. The molecule has 3 aromatic rings. The van der Waals surface area contributed by atoms with Gasteiger partial charge in [-0.2, -0.15) is 0 Å². The molecule has 0 spiro atoms. The van der Waals surface area contributed by atoms with Crippen LogP contribution in [0, 0.1) is 5.82 Å². The Kier molecular flexibility index (Phi) is 7.35. The SMILES string of the molecule is CCCOC(=O)c1c(NC(=O)c2ccc(COc3ccc(F)cc3Cl)o2)sc2c1CCCC2. The van der Waals surface area contributed by atoms with Crippen LogP contribution in [-0.4, -0.2) is 18.5 Å². The number of thiophene rings is 1.